The molecular formula is C34H32FeN4O4. The fourth-order valence-corrected chi connectivity index (χ4v) is 5.50. The zero-order valence-electron chi connectivity index (χ0n) is 25.3. The molecule has 9 heteroatoms. The zero-order valence-corrected chi connectivity index (χ0v) is 25.4. The minimum absolute atomic E-state index is 0. The van der Waals surface area contributed by atoms with Crippen molar-refractivity contribution in [1.82, 2.24) is 15.0 Å². The maximum atomic E-state index is 11.5. The fourth-order valence-electron chi connectivity index (χ4n) is 5.50. The largest absolute Gasteiger partial charge is 2.00 e. The van der Waals surface area contributed by atoms with Gasteiger partial charge in [0.25, 0.3) is 0 Å². The van der Waals surface area contributed by atoms with E-state index in [9.17, 15) is 19.8 Å². The molecule has 8 nitrogen and oxygen atoms in total. The quantitative estimate of drug-likeness (QED) is 0.372. The average Bonchev–Trinajstić information content (AvgIpc) is 3.59. The summed E-state index contributed by atoms with van der Waals surface area (Å²) in [5, 5.41) is 21.5. The van der Waals surface area contributed by atoms with Crippen LogP contribution in [0.4, 0.5) is 0 Å². The summed E-state index contributed by atoms with van der Waals surface area (Å²) in [6, 6.07) is 0. The topological polar surface area (TPSA) is 129 Å². The molecular weight excluding hydrogens is 584 g/mol. The van der Waals surface area contributed by atoms with Crippen LogP contribution in [0.2, 0.25) is 0 Å². The van der Waals surface area contributed by atoms with Gasteiger partial charge in [0.05, 0.1) is 11.4 Å². The number of hydrogen-bond donors (Lipinski definition) is 2. The Kier molecular flexibility index (Phi) is 8.99. The van der Waals surface area contributed by atoms with E-state index in [0.717, 1.165) is 50.1 Å². The van der Waals surface area contributed by atoms with Crippen molar-refractivity contribution in [1.29, 1.82) is 0 Å². The van der Waals surface area contributed by atoms with Crippen LogP contribution in [0.5, 0.6) is 0 Å². The summed E-state index contributed by atoms with van der Waals surface area (Å²) < 4.78 is 0. The molecule has 43 heavy (non-hydrogen) atoms. The third-order valence-electron chi connectivity index (χ3n) is 7.90. The summed E-state index contributed by atoms with van der Waals surface area (Å²) in [5.74, 6) is -1.83. The molecule has 0 spiro atoms. The smallest absolute Gasteiger partial charge is 0.657 e. The Morgan fingerprint density at radius 3 is 2.05 bits per heavy atom. The van der Waals surface area contributed by atoms with Crippen LogP contribution in [-0.2, 0) is 33.1 Å². The predicted molar refractivity (Wildman–Crippen MR) is 166 cm³/mol. The van der Waals surface area contributed by atoms with Crippen LogP contribution < -0.4 is 36.3 Å². The number of hydrogen-bond acceptors (Lipinski definition) is 3. The van der Waals surface area contributed by atoms with E-state index in [-0.39, 0.29) is 44.2 Å². The predicted octanol–water partition coefficient (Wildman–Crippen LogP) is 2.26. The van der Waals surface area contributed by atoms with Crippen LogP contribution in [0.25, 0.3) is 36.5 Å². The minimum Gasteiger partial charge on any atom is -0.657 e. The van der Waals surface area contributed by atoms with Crippen molar-refractivity contribution in [3.63, 3.8) is 0 Å². The van der Waals surface area contributed by atoms with Gasteiger partial charge in [-0.2, -0.15) is 0 Å². The average molecular weight is 616 g/mol. The number of aliphatic imine (C=N–C) groups is 1. The van der Waals surface area contributed by atoms with Gasteiger partial charge in [-0.3, -0.25) is 9.59 Å². The van der Waals surface area contributed by atoms with Gasteiger partial charge in [0.1, 0.15) is 0 Å². The van der Waals surface area contributed by atoms with Crippen LogP contribution in [0.3, 0.4) is 0 Å². The standard InChI is InChI=1S/C34H33N4O4.Fe/c1-7-21-17(3)25-13-26-19(5)23(9-11-33(39)40)31(37-26)16-32-24(10-12-34(41)42)20(6)28(38-32)15-30-22(8-2)18(4)27(36-30)14-29(21)35-25;/h7-8,13-16H,1-2,6,9-12H2,3-5H3,(H4-,35,36,37,38,39,40,41,42);/q-1;+2/p-1/b31-16-;. The molecule has 2 N–H and O–H groups in total. The molecule has 0 saturated heterocycles. The molecule has 0 fully saturated rings. The summed E-state index contributed by atoms with van der Waals surface area (Å²) >= 11 is 0. The third kappa shape index (κ3) is 5.87. The molecule has 0 amide bonds. The Morgan fingerprint density at radius 1 is 0.791 bits per heavy atom. The number of aliphatic carboxylic acids is 2. The number of carboxylic acid groups (broad SMARTS) is 2. The van der Waals surface area contributed by atoms with E-state index in [1.54, 1.807) is 18.2 Å². The summed E-state index contributed by atoms with van der Waals surface area (Å²) in [6.07, 6.45) is 11.4. The van der Waals surface area contributed by atoms with Crippen LogP contribution in [0.1, 0.15) is 65.5 Å². The third-order valence-corrected chi connectivity index (χ3v) is 7.90. The Morgan fingerprint density at radius 2 is 1.40 bits per heavy atom. The first-order valence-electron chi connectivity index (χ1n) is 13.6. The summed E-state index contributed by atoms with van der Waals surface area (Å²) in [5.41, 5.74) is 9.18. The molecule has 2 aliphatic rings. The van der Waals surface area contributed by atoms with E-state index >= 15 is 0 Å². The van der Waals surface area contributed by atoms with E-state index in [1.807, 2.05) is 39.0 Å². The summed E-state index contributed by atoms with van der Waals surface area (Å²) in [6.45, 7) is 18.2. The van der Waals surface area contributed by atoms with Gasteiger partial charge >= 0.3 is 30.4 Å². The van der Waals surface area contributed by atoms with E-state index in [2.05, 4.69) is 19.7 Å². The van der Waals surface area contributed by atoms with Gasteiger partial charge < -0.3 is 25.2 Å². The molecule has 0 unspecified atom stereocenters. The Balaban J connectivity index is 0.00000264. The number of nitrogens with zero attached hydrogens (tertiary/aromatic N) is 4. The van der Waals surface area contributed by atoms with Crippen LogP contribution >= 0.6 is 0 Å². The minimum atomic E-state index is -0.926. The van der Waals surface area contributed by atoms with Crippen molar-refractivity contribution in [3.05, 3.63) is 103 Å². The van der Waals surface area contributed by atoms with Crippen molar-refractivity contribution < 1.29 is 38.3 Å². The molecule has 8 bridgehead atoms. The molecule has 220 valence electrons. The molecule has 3 aromatic heterocycles. The van der Waals surface area contributed by atoms with Gasteiger partial charge in [0, 0.05) is 12.8 Å². The van der Waals surface area contributed by atoms with E-state index in [0.29, 0.717) is 38.6 Å². The molecule has 2 aliphatic heterocycles. The SMILES string of the molecule is C=Cc1c2[n-]c(c1C)/C=c1\[n-]/c(c(CCC(=O)O)c1C)=C\C1=C(CCC(=O)O)C(=C)C(=N1)/C=c1\[n-]/c(c(C)c1C=C)=C\2.[Fe+2].[H+]. The molecule has 3 aromatic rings. The van der Waals surface area contributed by atoms with Gasteiger partial charge in [0.15, 0.2) is 0 Å². The maximum absolute atomic E-state index is 11.5. The number of carboxylic acids is 2. The number of aromatic nitrogens is 3. The van der Waals surface area contributed by atoms with Crippen LogP contribution in [0, 0.1) is 20.8 Å². The van der Waals surface area contributed by atoms with Gasteiger partial charge in [-0.05, 0) is 62.0 Å². The van der Waals surface area contributed by atoms with E-state index in [1.165, 1.54) is 0 Å². The number of allylic oxidation sites excluding steroid dienone is 3. The van der Waals surface area contributed by atoms with Crippen molar-refractivity contribution in [2.75, 3.05) is 0 Å². The van der Waals surface area contributed by atoms with E-state index < -0.39 is 11.9 Å². The number of carbonyl (C=O) groups is 2. The Labute approximate surface area is 261 Å². The molecule has 0 aliphatic carbocycles. The first-order chi connectivity index (χ1) is 20.0. The van der Waals surface area contributed by atoms with Gasteiger partial charge in [-0.1, -0.05) is 72.4 Å². The second-order valence-corrected chi connectivity index (χ2v) is 10.4. The van der Waals surface area contributed by atoms with Gasteiger partial charge in [0.2, 0.25) is 0 Å². The first kappa shape index (κ1) is 31.3. The zero-order chi connectivity index (χ0) is 30.3. The van der Waals surface area contributed by atoms with Gasteiger partial charge in [-0.15, -0.1) is 32.8 Å². The molecule has 0 radical (unpaired) electrons. The van der Waals surface area contributed by atoms with Crippen LogP contribution in [-0.4, -0.2) is 27.9 Å². The van der Waals surface area contributed by atoms with Crippen molar-refractivity contribution in [2.24, 2.45) is 4.99 Å². The maximum Gasteiger partial charge on any atom is 2.00 e. The van der Waals surface area contributed by atoms with E-state index in [4.69, 9.17) is 19.9 Å². The van der Waals surface area contributed by atoms with Crippen molar-refractivity contribution in [2.45, 2.75) is 46.5 Å². The van der Waals surface area contributed by atoms with Crippen molar-refractivity contribution >= 4 is 54.1 Å². The molecule has 0 aromatic carbocycles. The monoisotopic (exact) mass is 616 g/mol. The molecule has 5 rings (SSSR count). The summed E-state index contributed by atoms with van der Waals surface area (Å²) in [7, 11) is 0. The second-order valence-electron chi connectivity index (χ2n) is 10.4. The normalized spacial score (nSPS) is 16.8. The Hall–Kier alpha value is -4.59. The first-order valence-corrected chi connectivity index (χ1v) is 13.6. The van der Waals surface area contributed by atoms with Crippen molar-refractivity contribution in [3.8, 4) is 0 Å². The molecule has 0 saturated carbocycles. The number of rotatable bonds is 8. The second kappa shape index (κ2) is 12.3. The van der Waals surface area contributed by atoms with Crippen LogP contribution in [0.15, 0.2) is 41.6 Å². The Bertz CT molecular complexity index is 2040. The summed E-state index contributed by atoms with van der Waals surface area (Å²) in [4.78, 5) is 42.6. The molecule has 0 atom stereocenters. The molecule has 5 heterocycles. The van der Waals surface area contributed by atoms with Gasteiger partial charge in [-0.25, -0.2) is 4.99 Å². The fraction of sp³-hybridized carbons (Fsp3) is 0.206. The number of fused-ring (bicyclic) bond motifs is 7.